The van der Waals surface area contributed by atoms with E-state index in [2.05, 4.69) is 25.1 Å². The van der Waals surface area contributed by atoms with Crippen LogP contribution in [0.15, 0.2) is 47.7 Å². The van der Waals surface area contributed by atoms with Crippen molar-refractivity contribution in [3.8, 4) is 0 Å². The number of amides is 1. The first-order valence-corrected chi connectivity index (χ1v) is 8.02. The van der Waals surface area contributed by atoms with Gasteiger partial charge in [0, 0.05) is 44.0 Å². The SMILES string of the molecule is O=C(c1n[nH]c(=O)c2ccccc12)N1CCN(c2cnccn2)CC1. The highest BCUT2D eigenvalue weighted by molar-refractivity contribution is 6.04. The number of hydrogen-bond acceptors (Lipinski definition) is 6. The average Bonchev–Trinajstić information content (AvgIpc) is 2.69. The lowest BCUT2D eigenvalue weighted by Crippen LogP contribution is -2.49. The maximum absolute atomic E-state index is 12.9. The lowest BCUT2D eigenvalue weighted by atomic mass is 10.1. The summed E-state index contributed by atoms with van der Waals surface area (Å²) in [5, 5.41) is 7.46. The molecule has 1 aliphatic heterocycles. The van der Waals surface area contributed by atoms with E-state index >= 15 is 0 Å². The number of piperazine rings is 1. The Morgan fingerprint density at radius 3 is 2.52 bits per heavy atom. The second-order valence-electron chi connectivity index (χ2n) is 5.79. The van der Waals surface area contributed by atoms with Gasteiger partial charge in [-0.2, -0.15) is 5.10 Å². The molecule has 0 atom stereocenters. The summed E-state index contributed by atoms with van der Waals surface area (Å²) in [5.41, 5.74) is -0.0113. The number of nitrogens with one attached hydrogen (secondary N) is 1. The lowest BCUT2D eigenvalue weighted by molar-refractivity contribution is 0.0741. The molecule has 25 heavy (non-hydrogen) atoms. The van der Waals surface area contributed by atoms with E-state index in [1.165, 1.54) is 0 Å². The number of carbonyl (C=O) groups is 1. The third-order valence-electron chi connectivity index (χ3n) is 4.34. The van der Waals surface area contributed by atoms with Crippen molar-refractivity contribution in [2.45, 2.75) is 0 Å². The summed E-state index contributed by atoms with van der Waals surface area (Å²) in [6, 6.07) is 7.01. The fourth-order valence-electron chi connectivity index (χ4n) is 3.02. The summed E-state index contributed by atoms with van der Waals surface area (Å²) < 4.78 is 0. The van der Waals surface area contributed by atoms with Gasteiger partial charge in [0.15, 0.2) is 5.69 Å². The molecule has 0 unspecified atom stereocenters. The van der Waals surface area contributed by atoms with Gasteiger partial charge in [0.1, 0.15) is 5.82 Å². The number of benzene rings is 1. The topological polar surface area (TPSA) is 95.1 Å². The molecule has 0 saturated carbocycles. The molecule has 2 aromatic heterocycles. The fraction of sp³-hybridized carbons (Fsp3) is 0.235. The van der Waals surface area contributed by atoms with Crippen molar-refractivity contribution in [1.82, 2.24) is 25.1 Å². The molecular formula is C17H16N6O2. The molecule has 8 nitrogen and oxygen atoms in total. The van der Waals surface area contributed by atoms with Gasteiger partial charge in [-0.3, -0.25) is 14.6 Å². The summed E-state index contributed by atoms with van der Waals surface area (Å²) in [6.45, 7) is 2.46. The van der Waals surface area contributed by atoms with Gasteiger partial charge in [-0.15, -0.1) is 0 Å². The number of anilines is 1. The molecule has 1 amide bonds. The van der Waals surface area contributed by atoms with Crippen molar-refractivity contribution in [2.24, 2.45) is 0 Å². The molecule has 1 fully saturated rings. The molecule has 3 heterocycles. The molecule has 1 N–H and O–H groups in total. The summed E-state index contributed by atoms with van der Waals surface area (Å²) in [6.07, 6.45) is 5.01. The van der Waals surface area contributed by atoms with Gasteiger partial charge in [-0.25, -0.2) is 10.1 Å². The Kier molecular flexibility index (Phi) is 3.85. The first-order valence-electron chi connectivity index (χ1n) is 8.02. The Labute approximate surface area is 143 Å². The standard InChI is InChI=1S/C17H16N6O2/c24-16-13-4-2-1-3-12(13)15(20-21-16)17(25)23-9-7-22(8-10-23)14-11-18-5-6-19-14/h1-6,11H,7-10H2,(H,21,24). The Morgan fingerprint density at radius 1 is 1.04 bits per heavy atom. The maximum Gasteiger partial charge on any atom is 0.275 e. The van der Waals surface area contributed by atoms with Crippen molar-refractivity contribution in [2.75, 3.05) is 31.1 Å². The number of fused-ring (bicyclic) bond motifs is 1. The Morgan fingerprint density at radius 2 is 1.80 bits per heavy atom. The van der Waals surface area contributed by atoms with Crippen molar-refractivity contribution in [1.29, 1.82) is 0 Å². The van der Waals surface area contributed by atoms with E-state index in [4.69, 9.17) is 0 Å². The van der Waals surface area contributed by atoms with Crippen LogP contribution < -0.4 is 10.5 Å². The largest absolute Gasteiger partial charge is 0.352 e. The van der Waals surface area contributed by atoms with Gasteiger partial charge in [-0.05, 0) is 6.07 Å². The van der Waals surface area contributed by atoms with Crippen LogP contribution >= 0.6 is 0 Å². The van der Waals surface area contributed by atoms with Crippen molar-refractivity contribution in [3.05, 3.63) is 58.9 Å². The minimum absolute atomic E-state index is 0.175. The van der Waals surface area contributed by atoms with Crippen LogP contribution in [-0.4, -0.2) is 57.2 Å². The van der Waals surface area contributed by atoms with Crippen LogP contribution in [0.1, 0.15) is 10.5 Å². The van der Waals surface area contributed by atoms with Crippen LogP contribution in [0.25, 0.3) is 10.8 Å². The lowest BCUT2D eigenvalue weighted by Gasteiger charge is -2.35. The number of aromatic amines is 1. The van der Waals surface area contributed by atoms with E-state index in [1.54, 1.807) is 47.8 Å². The normalized spacial score (nSPS) is 14.7. The molecule has 1 saturated heterocycles. The molecule has 1 aromatic carbocycles. The quantitative estimate of drug-likeness (QED) is 0.739. The number of hydrogen-bond donors (Lipinski definition) is 1. The van der Waals surface area contributed by atoms with Crippen LogP contribution in [0.4, 0.5) is 5.82 Å². The van der Waals surface area contributed by atoms with Crippen LogP contribution in [0.3, 0.4) is 0 Å². The van der Waals surface area contributed by atoms with Gasteiger partial charge in [0.25, 0.3) is 11.5 Å². The molecule has 1 aliphatic rings. The number of H-pyrrole nitrogens is 1. The second-order valence-corrected chi connectivity index (χ2v) is 5.79. The van der Waals surface area contributed by atoms with E-state index in [0.717, 1.165) is 5.82 Å². The van der Waals surface area contributed by atoms with E-state index in [1.807, 2.05) is 0 Å². The maximum atomic E-state index is 12.9. The molecule has 126 valence electrons. The Bertz CT molecular complexity index is 964. The van der Waals surface area contributed by atoms with Gasteiger partial charge >= 0.3 is 0 Å². The van der Waals surface area contributed by atoms with E-state index < -0.39 is 0 Å². The van der Waals surface area contributed by atoms with E-state index in [9.17, 15) is 9.59 Å². The number of aromatic nitrogens is 4. The molecule has 0 aliphatic carbocycles. The molecule has 0 bridgehead atoms. The van der Waals surface area contributed by atoms with Gasteiger partial charge in [0.05, 0.1) is 11.6 Å². The van der Waals surface area contributed by atoms with Gasteiger partial charge < -0.3 is 9.80 Å². The average molecular weight is 336 g/mol. The first kappa shape index (κ1) is 15.3. The predicted molar refractivity (Wildman–Crippen MR) is 92.5 cm³/mol. The highest BCUT2D eigenvalue weighted by Crippen LogP contribution is 2.17. The molecule has 8 heteroatoms. The minimum atomic E-state index is -0.292. The van der Waals surface area contributed by atoms with Crippen molar-refractivity contribution >= 4 is 22.5 Å². The highest BCUT2D eigenvalue weighted by Gasteiger charge is 2.25. The number of nitrogens with zero attached hydrogens (tertiary/aromatic N) is 5. The number of rotatable bonds is 2. The molecule has 0 radical (unpaired) electrons. The minimum Gasteiger partial charge on any atom is -0.352 e. The summed E-state index contributed by atoms with van der Waals surface area (Å²) in [4.78, 5) is 36.9. The van der Waals surface area contributed by atoms with Crippen LogP contribution in [0.2, 0.25) is 0 Å². The highest BCUT2D eigenvalue weighted by atomic mass is 16.2. The Balaban J connectivity index is 1.55. The van der Waals surface area contributed by atoms with E-state index in [0.29, 0.717) is 37.0 Å². The fourth-order valence-corrected chi connectivity index (χ4v) is 3.02. The molecule has 4 rings (SSSR count). The number of carbonyl (C=O) groups excluding carboxylic acids is 1. The third kappa shape index (κ3) is 2.82. The zero-order valence-electron chi connectivity index (χ0n) is 13.4. The first-order chi connectivity index (χ1) is 12.2. The second kappa shape index (κ2) is 6.31. The van der Waals surface area contributed by atoms with Crippen molar-refractivity contribution in [3.63, 3.8) is 0 Å². The summed E-state index contributed by atoms with van der Waals surface area (Å²) >= 11 is 0. The van der Waals surface area contributed by atoms with Crippen LogP contribution in [0.5, 0.6) is 0 Å². The third-order valence-corrected chi connectivity index (χ3v) is 4.34. The van der Waals surface area contributed by atoms with Crippen LogP contribution in [-0.2, 0) is 0 Å². The van der Waals surface area contributed by atoms with E-state index in [-0.39, 0.29) is 17.2 Å². The monoisotopic (exact) mass is 336 g/mol. The predicted octanol–water partition coefficient (Wildman–Crippen LogP) is 0.675. The van der Waals surface area contributed by atoms with Crippen LogP contribution in [0, 0.1) is 0 Å². The van der Waals surface area contributed by atoms with Gasteiger partial charge in [-0.1, -0.05) is 18.2 Å². The molecule has 3 aromatic rings. The smallest absolute Gasteiger partial charge is 0.275 e. The summed E-state index contributed by atoms with van der Waals surface area (Å²) in [7, 11) is 0. The molecule has 0 spiro atoms. The summed E-state index contributed by atoms with van der Waals surface area (Å²) in [5.74, 6) is 0.633. The van der Waals surface area contributed by atoms with Crippen molar-refractivity contribution < 1.29 is 4.79 Å². The molecular weight excluding hydrogens is 320 g/mol. The zero-order chi connectivity index (χ0) is 17.2. The zero-order valence-corrected chi connectivity index (χ0v) is 13.4. The van der Waals surface area contributed by atoms with Gasteiger partial charge in [0.2, 0.25) is 0 Å². The Hall–Kier alpha value is -3.29.